The Morgan fingerprint density at radius 2 is 1.80 bits per heavy atom. The van der Waals surface area contributed by atoms with Gasteiger partial charge in [0.2, 0.25) is 0 Å². The van der Waals surface area contributed by atoms with Crippen molar-refractivity contribution in [2.45, 2.75) is 77.5 Å². The Labute approximate surface area is 181 Å². The number of amides is 1. The molecule has 1 aromatic carbocycles. The second kappa shape index (κ2) is 14.1. The van der Waals surface area contributed by atoms with E-state index in [2.05, 4.69) is 12.2 Å². The minimum absolute atomic E-state index is 0.120. The topological polar surface area (TPSA) is 90.9 Å². The van der Waals surface area contributed by atoms with Gasteiger partial charge in [-0.15, -0.1) is 0 Å². The largest absolute Gasteiger partial charge is 0.469 e. The van der Waals surface area contributed by atoms with Gasteiger partial charge in [-0.25, -0.2) is 9.36 Å². The van der Waals surface area contributed by atoms with E-state index in [0.717, 1.165) is 37.7 Å². The number of esters is 1. The maximum Gasteiger partial charge on any atom is 0.407 e. The Morgan fingerprint density at radius 3 is 2.40 bits per heavy atom. The van der Waals surface area contributed by atoms with Gasteiger partial charge in [0.05, 0.1) is 19.1 Å². The molecule has 0 fully saturated rings. The van der Waals surface area contributed by atoms with Gasteiger partial charge in [0.25, 0.3) is 0 Å². The lowest BCUT2D eigenvalue weighted by molar-refractivity contribution is -0.154. The third kappa shape index (κ3) is 8.41. The Hall–Kier alpha value is -1.98. The summed E-state index contributed by atoms with van der Waals surface area (Å²) in [5, 5.41) is 2.71. The van der Waals surface area contributed by atoms with E-state index in [0.29, 0.717) is 6.42 Å². The highest BCUT2D eigenvalue weighted by Gasteiger charge is 2.46. The van der Waals surface area contributed by atoms with Crippen molar-refractivity contribution in [3.63, 3.8) is 0 Å². The van der Waals surface area contributed by atoms with Crippen molar-refractivity contribution in [1.82, 2.24) is 5.32 Å². The highest BCUT2D eigenvalue weighted by atomic mass is 31.1. The van der Waals surface area contributed by atoms with Crippen molar-refractivity contribution in [3.8, 4) is 0 Å². The molecule has 0 aliphatic rings. The van der Waals surface area contributed by atoms with Gasteiger partial charge in [0, 0.05) is 0 Å². The first-order chi connectivity index (χ1) is 14.4. The first-order valence-corrected chi connectivity index (χ1v) is 11.2. The maximum absolute atomic E-state index is 12.5. The normalized spacial score (nSPS) is 15.1. The zero-order valence-electron chi connectivity index (χ0n) is 18.4. The summed E-state index contributed by atoms with van der Waals surface area (Å²) < 4.78 is 27.0. The third-order valence-corrected chi connectivity index (χ3v) is 5.88. The molecule has 1 N–H and O–H groups in total. The summed E-state index contributed by atoms with van der Waals surface area (Å²) in [4.78, 5) is 24.8. The van der Waals surface area contributed by atoms with Crippen LogP contribution in [0.15, 0.2) is 30.3 Å². The molecule has 0 bridgehead atoms. The van der Waals surface area contributed by atoms with Crippen LogP contribution < -0.4 is 5.32 Å². The average molecular weight is 439 g/mol. The summed E-state index contributed by atoms with van der Waals surface area (Å²) in [7, 11) is 0.737. The molecule has 0 saturated heterocycles. The molecule has 8 heteroatoms. The summed E-state index contributed by atoms with van der Waals surface area (Å²) >= 11 is 0. The zero-order chi connectivity index (χ0) is 22.4. The number of unbranched alkanes of at least 4 members (excludes halogenated alkanes) is 4. The van der Waals surface area contributed by atoms with Crippen LogP contribution in [0.1, 0.15) is 64.9 Å². The summed E-state index contributed by atoms with van der Waals surface area (Å²) in [6.07, 6.45) is 5.00. The van der Waals surface area contributed by atoms with Crippen molar-refractivity contribution in [3.05, 3.63) is 35.9 Å². The molecular weight excluding hydrogens is 405 g/mol. The van der Waals surface area contributed by atoms with Crippen LogP contribution in [0.4, 0.5) is 4.79 Å². The van der Waals surface area contributed by atoms with E-state index in [1.54, 1.807) is 13.8 Å². The van der Waals surface area contributed by atoms with E-state index < -0.39 is 38.3 Å². The van der Waals surface area contributed by atoms with Gasteiger partial charge in [0.15, 0.2) is 0 Å². The first kappa shape index (κ1) is 26.1. The summed E-state index contributed by atoms with van der Waals surface area (Å²) in [6.45, 7) is 5.62. The van der Waals surface area contributed by atoms with Gasteiger partial charge in [-0.1, -0.05) is 69.4 Å². The van der Waals surface area contributed by atoms with Crippen molar-refractivity contribution in [2.24, 2.45) is 5.92 Å². The summed E-state index contributed by atoms with van der Waals surface area (Å²) in [5.41, 5.74) is -0.371. The zero-order valence-corrected chi connectivity index (χ0v) is 19.3. The number of methoxy groups -OCH3 is 1. The molecule has 3 atom stereocenters. The fourth-order valence-corrected chi connectivity index (χ4v) is 3.79. The Balaban J connectivity index is 2.80. The Morgan fingerprint density at radius 1 is 1.13 bits per heavy atom. The van der Waals surface area contributed by atoms with Crippen LogP contribution in [-0.4, -0.2) is 30.8 Å². The minimum Gasteiger partial charge on any atom is -0.469 e. The molecule has 0 spiro atoms. The van der Waals surface area contributed by atoms with Gasteiger partial charge in [-0.2, -0.15) is 0 Å². The molecule has 0 heterocycles. The third-order valence-electron chi connectivity index (χ3n) is 5.41. The molecule has 1 rings (SSSR count). The van der Waals surface area contributed by atoms with Crippen LogP contribution in [0.25, 0.3) is 0 Å². The number of benzene rings is 1. The number of carbonyl (C=O) groups is 2. The van der Waals surface area contributed by atoms with Crippen LogP contribution in [0, 0.1) is 5.92 Å². The van der Waals surface area contributed by atoms with E-state index in [4.69, 9.17) is 14.0 Å². The summed E-state index contributed by atoms with van der Waals surface area (Å²) in [6, 6.07) is 8.66. The van der Waals surface area contributed by atoms with E-state index in [1.165, 1.54) is 7.11 Å². The van der Waals surface area contributed by atoms with Gasteiger partial charge in [-0.05, 0) is 25.8 Å². The highest BCUT2D eigenvalue weighted by Crippen LogP contribution is 2.34. The Bertz CT molecular complexity index is 656. The molecule has 7 nitrogen and oxygen atoms in total. The van der Waals surface area contributed by atoms with Crippen LogP contribution in [0.3, 0.4) is 0 Å². The van der Waals surface area contributed by atoms with Crippen LogP contribution in [0.5, 0.6) is 0 Å². The number of alkyl carbamates (subject to hydrolysis) is 1. The molecule has 1 aromatic rings. The second-order valence-electron chi connectivity index (χ2n) is 7.56. The number of nitrogens with one attached hydrogen (secondary N) is 1. The molecule has 30 heavy (non-hydrogen) atoms. The molecule has 168 valence electrons. The quantitative estimate of drug-likeness (QED) is 0.236. The summed E-state index contributed by atoms with van der Waals surface area (Å²) in [5.74, 6) is -1.14. The molecule has 0 aliphatic carbocycles. The first-order valence-electron chi connectivity index (χ1n) is 10.4. The van der Waals surface area contributed by atoms with Crippen LogP contribution in [0.2, 0.25) is 0 Å². The van der Waals surface area contributed by atoms with E-state index in [1.807, 2.05) is 30.3 Å². The van der Waals surface area contributed by atoms with Gasteiger partial charge in [0.1, 0.15) is 12.2 Å². The number of carbonyl (C=O) groups excluding carboxylic acids is 2. The number of rotatable bonds is 14. The number of hydrogen-bond donors (Lipinski definition) is 1. The van der Waals surface area contributed by atoms with E-state index in [-0.39, 0.29) is 6.61 Å². The molecule has 3 unspecified atom stereocenters. The molecule has 0 aliphatic heterocycles. The molecule has 0 saturated carbocycles. The van der Waals surface area contributed by atoms with Crippen LogP contribution in [-0.2, 0) is 30.0 Å². The SMILES string of the molecule is CCCCCCCC(C(=O)OC)C(C)(OP=O)C(C)NC(=O)OCc1ccccc1. The number of hydrogen-bond acceptors (Lipinski definition) is 6. The van der Waals surface area contributed by atoms with Gasteiger partial charge < -0.3 is 14.8 Å². The van der Waals surface area contributed by atoms with Crippen molar-refractivity contribution < 1.29 is 28.2 Å². The Kier molecular flexibility index (Phi) is 12.2. The average Bonchev–Trinajstić information content (AvgIpc) is 2.75. The fourth-order valence-electron chi connectivity index (χ4n) is 3.34. The monoisotopic (exact) mass is 439 g/mol. The predicted molar refractivity (Wildman–Crippen MR) is 115 cm³/mol. The standard InChI is InChI=1S/C22H34NO6P/c1-5-6-7-8-12-15-19(20(24)27-4)22(3,29-30-26)17(2)23-21(25)28-16-18-13-10-9-11-14-18/h9-11,13-14,17,19H,5-8,12,15-16H2,1-4H3,(H,23,25). The lowest BCUT2D eigenvalue weighted by Crippen LogP contribution is -2.56. The smallest absolute Gasteiger partial charge is 0.407 e. The van der Waals surface area contributed by atoms with Crippen molar-refractivity contribution >= 4 is 20.7 Å². The molecule has 1 amide bonds. The van der Waals surface area contributed by atoms with Crippen molar-refractivity contribution in [2.75, 3.05) is 7.11 Å². The molecule has 0 radical (unpaired) electrons. The maximum atomic E-state index is 12.5. The van der Waals surface area contributed by atoms with Crippen LogP contribution >= 0.6 is 8.69 Å². The fraction of sp³-hybridized carbons (Fsp3) is 0.636. The van der Waals surface area contributed by atoms with Gasteiger partial charge >= 0.3 is 20.7 Å². The predicted octanol–water partition coefficient (Wildman–Crippen LogP) is 5.43. The lowest BCUT2D eigenvalue weighted by Gasteiger charge is -2.38. The van der Waals surface area contributed by atoms with E-state index in [9.17, 15) is 14.2 Å². The lowest BCUT2D eigenvalue weighted by atomic mass is 9.80. The second-order valence-corrected chi connectivity index (χ2v) is 7.89. The van der Waals surface area contributed by atoms with Gasteiger partial charge in [-0.3, -0.25) is 9.32 Å². The molecular formula is C22H34NO6P. The minimum atomic E-state index is -1.23. The van der Waals surface area contributed by atoms with Crippen molar-refractivity contribution in [1.29, 1.82) is 0 Å². The number of ether oxygens (including phenoxy) is 2. The highest BCUT2D eigenvalue weighted by molar-refractivity contribution is 7.17. The molecule has 0 aromatic heterocycles. The van der Waals surface area contributed by atoms with E-state index >= 15 is 0 Å².